The van der Waals surface area contributed by atoms with Gasteiger partial charge in [0.05, 0.1) is 14.2 Å². The number of benzene rings is 2. The summed E-state index contributed by atoms with van der Waals surface area (Å²) in [5.41, 5.74) is 3.51. The van der Waals surface area contributed by atoms with Gasteiger partial charge in [-0.15, -0.1) is 5.10 Å². The fourth-order valence-electron chi connectivity index (χ4n) is 2.62. The average Bonchev–Trinajstić information content (AvgIpc) is 2.96. The van der Waals surface area contributed by atoms with Crippen molar-refractivity contribution in [2.75, 3.05) is 19.5 Å². The van der Waals surface area contributed by atoms with Crippen molar-refractivity contribution in [3.63, 3.8) is 0 Å². The summed E-state index contributed by atoms with van der Waals surface area (Å²) in [6.45, 7) is 3.69. The zero-order chi connectivity index (χ0) is 18.5. The molecule has 26 heavy (non-hydrogen) atoms. The monoisotopic (exact) mass is 387 g/mol. The van der Waals surface area contributed by atoms with Crippen LogP contribution >= 0.6 is 23.6 Å². The van der Waals surface area contributed by atoms with Crippen LogP contribution in [-0.4, -0.2) is 23.9 Å². The number of hydrogen-bond acceptors (Lipinski definition) is 5. The topological polar surface area (TPSA) is 43.5 Å². The molecule has 0 fully saturated rings. The number of nitrogens with one attached hydrogen (secondary N) is 2. The molecule has 0 radical (unpaired) electrons. The van der Waals surface area contributed by atoms with Gasteiger partial charge in [-0.3, -0.25) is 0 Å². The third-order valence-corrected chi connectivity index (χ3v) is 5.22. The highest BCUT2D eigenvalue weighted by molar-refractivity contribution is 7.73. The average molecular weight is 388 g/mol. The number of quaternary nitrogens is 1. The number of aryl methyl sites for hydroxylation is 1. The second-order valence-corrected chi connectivity index (χ2v) is 7.93. The van der Waals surface area contributed by atoms with Crippen LogP contribution in [0.5, 0.6) is 5.75 Å². The maximum Gasteiger partial charge on any atom is 0.209 e. The Bertz CT molecular complexity index is 901. The van der Waals surface area contributed by atoms with Crippen LogP contribution in [0.4, 0.5) is 10.8 Å². The van der Waals surface area contributed by atoms with E-state index in [2.05, 4.69) is 48.7 Å². The molecule has 0 aliphatic heterocycles. The highest BCUT2D eigenvalue weighted by Gasteiger charge is 2.10. The first-order chi connectivity index (χ1) is 12.5. The maximum atomic E-state index is 5.47. The molecule has 0 aliphatic rings. The van der Waals surface area contributed by atoms with Gasteiger partial charge in [-0.1, -0.05) is 29.0 Å². The highest BCUT2D eigenvalue weighted by Crippen LogP contribution is 2.20. The van der Waals surface area contributed by atoms with E-state index in [9.17, 15) is 0 Å². The summed E-state index contributed by atoms with van der Waals surface area (Å²) >= 11 is 6.97. The minimum Gasteiger partial charge on any atom is -0.497 e. The molecule has 5 nitrogen and oxygen atoms in total. The first-order valence-corrected chi connectivity index (χ1v) is 9.62. The van der Waals surface area contributed by atoms with E-state index in [1.807, 2.05) is 28.9 Å². The first kappa shape index (κ1) is 18.6. The summed E-state index contributed by atoms with van der Waals surface area (Å²) in [4.78, 5) is 1.30. The molecular weight excluding hydrogens is 364 g/mol. The van der Waals surface area contributed by atoms with Crippen LogP contribution in [0, 0.1) is 10.9 Å². The molecule has 0 amide bonds. The molecule has 0 saturated carbocycles. The second-order valence-electron chi connectivity index (χ2n) is 6.30. The zero-order valence-electron chi connectivity index (χ0n) is 15.2. The molecule has 1 heterocycles. The Kier molecular flexibility index (Phi) is 6.03. The Morgan fingerprint density at radius 2 is 1.85 bits per heavy atom. The summed E-state index contributed by atoms with van der Waals surface area (Å²) in [6.07, 6.45) is 0. The first-order valence-electron chi connectivity index (χ1n) is 8.39. The van der Waals surface area contributed by atoms with Crippen LogP contribution in [-0.2, 0) is 13.2 Å². The number of anilines is 2. The number of ether oxygens (including phenoxy) is 1. The fraction of sp³-hybridized carbons (Fsp3) is 0.263. The number of nitrogens with zero attached hydrogens (tertiary/aromatic N) is 2. The van der Waals surface area contributed by atoms with Crippen LogP contribution in [0.15, 0.2) is 48.5 Å². The van der Waals surface area contributed by atoms with E-state index < -0.39 is 0 Å². The van der Waals surface area contributed by atoms with Crippen molar-refractivity contribution < 1.29 is 9.64 Å². The SMILES string of the molecule is COc1ccc(C[NH+](C)Cn2nc(Nc3ccc(C)cc3)sc2=S)cc1. The van der Waals surface area contributed by atoms with Crippen LogP contribution in [0.2, 0.25) is 0 Å². The highest BCUT2D eigenvalue weighted by atomic mass is 32.1. The molecule has 1 unspecified atom stereocenters. The predicted molar refractivity (Wildman–Crippen MR) is 109 cm³/mol. The largest absolute Gasteiger partial charge is 0.497 e. The van der Waals surface area contributed by atoms with Crippen LogP contribution in [0.1, 0.15) is 11.1 Å². The molecule has 2 aromatic carbocycles. The summed E-state index contributed by atoms with van der Waals surface area (Å²) in [7, 11) is 3.82. The van der Waals surface area contributed by atoms with Gasteiger partial charge >= 0.3 is 0 Å². The zero-order valence-corrected chi connectivity index (χ0v) is 16.8. The van der Waals surface area contributed by atoms with Crippen molar-refractivity contribution in [3.05, 3.63) is 63.6 Å². The van der Waals surface area contributed by atoms with Crippen molar-refractivity contribution in [2.45, 2.75) is 20.1 Å². The van der Waals surface area contributed by atoms with Gasteiger partial charge in [0, 0.05) is 11.3 Å². The molecule has 2 N–H and O–H groups in total. The number of rotatable bonds is 7. The number of aromatic nitrogens is 2. The van der Waals surface area contributed by atoms with Gasteiger partial charge in [0.1, 0.15) is 12.3 Å². The van der Waals surface area contributed by atoms with Gasteiger partial charge in [-0.25, -0.2) is 0 Å². The number of methoxy groups -OCH3 is 1. The van der Waals surface area contributed by atoms with Crippen LogP contribution in [0.25, 0.3) is 0 Å². The van der Waals surface area contributed by atoms with Crippen LogP contribution < -0.4 is 15.0 Å². The standard InChI is InChI=1S/C19H22N4OS2/c1-14-4-8-16(9-5-14)20-18-21-23(19(25)26-18)13-22(2)12-15-6-10-17(24-3)11-7-15/h4-11H,12-13H2,1-3H3,(H,20,21)/p+1. The minimum absolute atomic E-state index is 0.719. The molecule has 0 spiro atoms. The molecule has 0 bridgehead atoms. The normalized spacial score (nSPS) is 12.0. The lowest BCUT2D eigenvalue weighted by molar-refractivity contribution is -0.917. The van der Waals surface area contributed by atoms with E-state index in [0.717, 1.165) is 33.7 Å². The van der Waals surface area contributed by atoms with Gasteiger partial charge in [0.15, 0.2) is 10.6 Å². The lowest BCUT2D eigenvalue weighted by atomic mass is 10.2. The van der Waals surface area contributed by atoms with Gasteiger partial charge in [0.2, 0.25) is 5.13 Å². The summed E-state index contributed by atoms with van der Waals surface area (Å²) in [5, 5.41) is 8.76. The van der Waals surface area contributed by atoms with E-state index in [0.29, 0.717) is 0 Å². The molecule has 7 heteroatoms. The van der Waals surface area contributed by atoms with E-state index in [-0.39, 0.29) is 0 Å². The van der Waals surface area contributed by atoms with Crippen molar-refractivity contribution >= 4 is 34.4 Å². The Labute approximate surface area is 162 Å². The minimum atomic E-state index is 0.719. The van der Waals surface area contributed by atoms with E-state index in [1.54, 1.807) is 7.11 Å². The molecule has 3 aromatic rings. The predicted octanol–water partition coefficient (Wildman–Crippen LogP) is 3.41. The quantitative estimate of drug-likeness (QED) is 0.610. The number of hydrogen-bond donors (Lipinski definition) is 2. The van der Waals surface area contributed by atoms with Crippen molar-refractivity contribution in [2.24, 2.45) is 0 Å². The van der Waals surface area contributed by atoms with E-state index >= 15 is 0 Å². The second kappa shape index (κ2) is 8.44. The van der Waals surface area contributed by atoms with Gasteiger partial charge in [0.25, 0.3) is 0 Å². The Morgan fingerprint density at radius 3 is 2.50 bits per heavy atom. The summed E-state index contributed by atoms with van der Waals surface area (Å²) in [5.74, 6) is 0.875. The molecule has 1 atom stereocenters. The Balaban J connectivity index is 1.62. The Morgan fingerprint density at radius 1 is 1.15 bits per heavy atom. The smallest absolute Gasteiger partial charge is 0.209 e. The van der Waals surface area contributed by atoms with E-state index in [4.69, 9.17) is 17.0 Å². The van der Waals surface area contributed by atoms with Gasteiger partial charge in [-0.2, -0.15) is 4.68 Å². The van der Waals surface area contributed by atoms with Crippen molar-refractivity contribution in [3.8, 4) is 5.75 Å². The molecule has 1 aromatic heterocycles. The summed E-state index contributed by atoms with van der Waals surface area (Å²) in [6, 6.07) is 16.4. The van der Waals surface area contributed by atoms with Gasteiger partial charge < -0.3 is 15.0 Å². The third kappa shape index (κ3) is 4.91. The van der Waals surface area contributed by atoms with Crippen molar-refractivity contribution in [1.82, 2.24) is 9.78 Å². The lowest BCUT2D eigenvalue weighted by Crippen LogP contribution is -3.07. The summed E-state index contributed by atoms with van der Waals surface area (Å²) < 4.78 is 7.86. The van der Waals surface area contributed by atoms with Crippen LogP contribution in [0.3, 0.4) is 0 Å². The molecular formula is C19H23N4OS2+. The fourth-order valence-corrected chi connectivity index (χ4v) is 3.65. The Hall–Kier alpha value is -2.22. The molecule has 136 valence electrons. The van der Waals surface area contributed by atoms with E-state index in [1.165, 1.54) is 27.4 Å². The van der Waals surface area contributed by atoms with Gasteiger partial charge in [-0.05, 0) is 55.5 Å². The molecule has 0 aliphatic carbocycles. The molecule has 3 rings (SSSR count). The lowest BCUT2D eigenvalue weighted by Gasteiger charge is -2.14. The molecule has 0 saturated heterocycles. The third-order valence-electron chi connectivity index (χ3n) is 3.99. The van der Waals surface area contributed by atoms with Crippen molar-refractivity contribution in [1.29, 1.82) is 0 Å². The maximum absolute atomic E-state index is 5.47.